The van der Waals surface area contributed by atoms with Crippen LogP contribution < -0.4 is 0 Å². The van der Waals surface area contributed by atoms with E-state index in [1.165, 1.54) is 41.6 Å². The maximum absolute atomic E-state index is 4.22. The standard InChI is InChI=1S/C16H22N2/c1-12-8-9-15(13(2)10-12)6-4-5-7-16-11-17-14(3)18-16/h8-11H,4-7H2,1-3H3,(H,17,18). The molecule has 18 heavy (non-hydrogen) atoms. The number of imidazole rings is 1. The molecule has 0 atom stereocenters. The monoisotopic (exact) mass is 242 g/mol. The molecule has 2 aromatic rings. The van der Waals surface area contributed by atoms with Gasteiger partial charge in [0.25, 0.3) is 0 Å². The summed E-state index contributed by atoms with van der Waals surface area (Å²) in [4.78, 5) is 7.50. The average molecular weight is 242 g/mol. The van der Waals surface area contributed by atoms with Crippen molar-refractivity contribution in [1.82, 2.24) is 9.97 Å². The number of nitrogens with zero attached hydrogens (tertiary/aromatic N) is 1. The SMILES string of the molecule is Cc1ccc(CCCCc2cnc(C)[nH]2)c(C)c1. The molecule has 0 amide bonds. The molecular weight excluding hydrogens is 220 g/mol. The Morgan fingerprint density at radius 2 is 1.83 bits per heavy atom. The zero-order valence-corrected chi connectivity index (χ0v) is 11.6. The zero-order valence-electron chi connectivity index (χ0n) is 11.6. The van der Waals surface area contributed by atoms with Crippen molar-refractivity contribution in [3.8, 4) is 0 Å². The number of hydrogen-bond acceptors (Lipinski definition) is 1. The number of aryl methyl sites for hydroxylation is 5. The Bertz CT molecular complexity index is 512. The summed E-state index contributed by atoms with van der Waals surface area (Å²) in [6, 6.07) is 6.75. The Labute approximate surface area is 109 Å². The summed E-state index contributed by atoms with van der Waals surface area (Å²) in [6.45, 7) is 6.36. The maximum Gasteiger partial charge on any atom is 0.103 e. The minimum atomic E-state index is 1.01. The van der Waals surface area contributed by atoms with E-state index in [0.29, 0.717) is 0 Å². The van der Waals surface area contributed by atoms with Crippen molar-refractivity contribution in [2.45, 2.75) is 46.5 Å². The van der Waals surface area contributed by atoms with Crippen molar-refractivity contribution in [3.63, 3.8) is 0 Å². The summed E-state index contributed by atoms with van der Waals surface area (Å²) in [5.74, 6) is 1.01. The van der Waals surface area contributed by atoms with Gasteiger partial charge in [0, 0.05) is 11.9 Å². The Kier molecular flexibility index (Phi) is 4.19. The summed E-state index contributed by atoms with van der Waals surface area (Å²) in [6.07, 6.45) is 6.69. The van der Waals surface area contributed by atoms with E-state index >= 15 is 0 Å². The van der Waals surface area contributed by atoms with Crippen LogP contribution in [0.3, 0.4) is 0 Å². The molecule has 2 rings (SSSR count). The Morgan fingerprint density at radius 1 is 1.06 bits per heavy atom. The fourth-order valence-corrected chi connectivity index (χ4v) is 2.36. The number of hydrogen-bond donors (Lipinski definition) is 1. The molecule has 1 aromatic heterocycles. The van der Waals surface area contributed by atoms with Gasteiger partial charge in [0.2, 0.25) is 0 Å². The van der Waals surface area contributed by atoms with Crippen LogP contribution in [0.1, 0.15) is 41.1 Å². The summed E-state index contributed by atoms with van der Waals surface area (Å²) >= 11 is 0. The first kappa shape index (κ1) is 12.9. The van der Waals surface area contributed by atoms with Gasteiger partial charge in [-0.25, -0.2) is 4.98 Å². The molecule has 0 fully saturated rings. The van der Waals surface area contributed by atoms with Gasteiger partial charge in [-0.3, -0.25) is 0 Å². The average Bonchev–Trinajstić information content (AvgIpc) is 2.73. The third-order valence-corrected chi connectivity index (χ3v) is 3.40. The quantitative estimate of drug-likeness (QED) is 0.791. The number of aromatic nitrogens is 2. The first-order chi connectivity index (χ1) is 8.65. The third kappa shape index (κ3) is 3.46. The third-order valence-electron chi connectivity index (χ3n) is 3.40. The van der Waals surface area contributed by atoms with Crippen molar-refractivity contribution in [2.24, 2.45) is 0 Å². The molecule has 0 aliphatic carbocycles. The minimum Gasteiger partial charge on any atom is -0.346 e. The van der Waals surface area contributed by atoms with Crippen LogP contribution in [0.25, 0.3) is 0 Å². The van der Waals surface area contributed by atoms with Gasteiger partial charge in [0.05, 0.1) is 0 Å². The summed E-state index contributed by atoms with van der Waals surface area (Å²) in [5, 5.41) is 0. The maximum atomic E-state index is 4.22. The van der Waals surface area contributed by atoms with E-state index in [1.54, 1.807) is 0 Å². The van der Waals surface area contributed by atoms with Crippen LogP contribution in [-0.4, -0.2) is 9.97 Å². The van der Waals surface area contributed by atoms with Crippen LogP contribution in [0.5, 0.6) is 0 Å². The van der Waals surface area contributed by atoms with E-state index < -0.39 is 0 Å². The highest BCUT2D eigenvalue weighted by molar-refractivity contribution is 5.30. The second-order valence-corrected chi connectivity index (χ2v) is 5.13. The van der Waals surface area contributed by atoms with Gasteiger partial charge in [-0.2, -0.15) is 0 Å². The lowest BCUT2D eigenvalue weighted by molar-refractivity contribution is 0.722. The summed E-state index contributed by atoms with van der Waals surface area (Å²) in [7, 11) is 0. The molecule has 2 heteroatoms. The molecule has 2 nitrogen and oxygen atoms in total. The first-order valence-electron chi connectivity index (χ1n) is 6.72. The lowest BCUT2D eigenvalue weighted by Crippen LogP contribution is -1.93. The topological polar surface area (TPSA) is 28.7 Å². The van der Waals surface area contributed by atoms with E-state index in [9.17, 15) is 0 Å². The molecular formula is C16H22N2. The normalized spacial score (nSPS) is 10.8. The molecule has 1 aromatic carbocycles. The molecule has 1 N–H and O–H groups in total. The molecule has 0 aliphatic heterocycles. The van der Waals surface area contributed by atoms with E-state index in [-0.39, 0.29) is 0 Å². The molecule has 0 bridgehead atoms. The molecule has 0 unspecified atom stereocenters. The van der Waals surface area contributed by atoms with Crippen LogP contribution in [0.15, 0.2) is 24.4 Å². The molecule has 96 valence electrons. The van der Waals surface area contributed by atoms with Crippen molar-refractivity contribution < 1.29 is 0 Å². The number of benzene rings is 1. The number of unbranched alkanes of at least 4 members (excludes halogenated alkanes) is 1. The van der Waals surface area contributed by atoms with Crippen LogP contribution in [0.4, 0.5) is 0 Å². The Hall–Kier alpha value is -1.57. The van der Waals surface area contributed by atoms with Crippen molar-refractivity contribution >= 4 is 0 Å². The highest BCUT2D eigenvalue weighted by atomic mass is 14.9. The van der Waals surface area contributed by atoms with E-state index in [1.807, 2.05) is 13.1 Å². The van der Waals surface area contributed by atoms with Gasteiger partial charge in [-0.05, 0) is 57.6 Å². The van der Waals surface area contributed by atoms with Crippen LogP contribution in [0.2, 0.25) is 0 Å². The second kappa shape index (κ2) is 5.85. The van der Waals surface area contributed by atoms with Gasteiger partial charge in [0.1, 0.15) is 5.82 Å². The summed E-state index contributed by atoms with van der Waals surface area (Å²) < 4.78 is 0. The molecule has 0 spiro atoms. The van der Waals surface area contributed by atoms with Crippen LogP contribution in [0, 0.1) is 20.8 Å². The van der Waals surface area contributed by atoms with Crippen molar-refractivity contribution in [3.05, 3.63) is 52.6 Å². The van der Waals surface area contributed by atoms with Gasteiger partial charge >= 0.3 is 0 Å². The largest absolute Gasteiger partial charge is 0.346 e. The van der Waals surface area contributed by atoms with Gasteiger partial charge in [0.15, 0.2) is 0 Å². The van der Waals surface area contributed by atoms with Gasteiger partial charge in [-0.15, -0.1) is 0 Å². The zero-order chi connectivity index (χ0) is 13.0. The van der Waals surface area contributed by atoms with E-state index in [4.69, 9.17) is 0 Å². The van der Waals surface area contributed by atoms with Crippen LogP contribution >= 0.6 is 0 Å². The molecule has 0 saturated heterocycles. The predicted octanol–water partition coefficient (Wildman–Crippen LogP) is 3.90. The molecule has 1 heterocycles. The predicted molar refractivity (Wildman–Crippen MR) is 75.9 cm³/mol. The smallest absolute Gasteiger partial charge is 0.103 e. The Balaban J connectivity index is 1.78. The summed E-state index contributed by atoms with van der Waals surface area (Å²) in [5.41, 5.74) is 5.52. The van der Waals surface area contributed by atoms with E-state index in [0.717, 1.165) is 12.2 Å². The molecule has 0 aliphatic rings. The van der Waals surface area contributed by atoms with Gasteiger partial charge in [-0.1, -0.05) is 23.8 Å². The minimum absolute atomic E-state index is 1.01. The lowest BCUT2D eigenvalue weighted by atomic mass is 10.00. The highest BCUT2D eigenvalue weighted by Gasteiger charge is 2.00. The number of aromatic amines is 1. The van der Waals surface area contributed by atoms with Crippen molar-refractivity contribution in [2.75, 3.05) is 0 Å². The first-order valence-corrected chi connectivity index (χ1v) is 6.72. The fraction of sp³-hybridized carbons (Fsp3) is 0.438. The molecule has 0 radical (unpaired) electrons. The second-order valence-electron chi connectivity index (χ2n) is 5.13. The van der Waals surface area contributed by atoms with Crippen molar-refractivity contribution in [1.29, 1.82) is 0 Å². The molecule has 0 saturated carbocycles. The van der Waals surface area contributed by atoms with E-state index in [2.05, 4.69) is 42.0 Å². The van der Waals surface area contributed by atoms with Crippen LogP contribution in [-0.2, 0) is 12.8 Å². The highest BCUT2D eigenvalue weighted by Crippen LogP contribution is 2.14. The Morgan fingerprint density at radius 3 is 2.50 bits per heavy atom. The number of rotatable bonds is 5. The number of nitrogens with one attached hydrogen (secondary N) is 1. The lowest BCUT2D eigenvalue weighted by Gasteiger charge is -2.06. The fourth-order valence-electron chi connectivity index (χ4n) is 2.36. The van der Waals surface area contributed by atoms with Gasteiger partial charge < -0.3 is 4.98 Å². The number of H-pyrrole nitrogens is 1.